The van der Waals surface area contributed by atoms with E-state index < -0.39 is 10.0 Å². The molecule has 204 valence electrons. The monoisotopic (exact) mass is 554 g/mol. The molecule has 4 heterocycles. The Labute approximate surface area is 233 Å². The van der Waals surface area contributed by atoms with Crippen molar-refractivity contribution in [2.24, 2.45) is 0 Å². The number of morpholine rings is 1. The second-order valence-corrected chi connectivity index (χ2v) is 12.2. The highest BCUT2D eigenvalue weighted by molar-refractivity contribution is 7.90. The third-order valence-corrected chi connectivity index (χ3v) is 9.51. The van der Waals surface area contributed by atoms with E-state index in [-0.39, 0.29) is 4.90 Å². The van der Waals surface area contributed by atoms with E-state index in [1.165, 1.54) is 3.97 Å². The number of hydrogen-bond donors (Lipinski definition) is 0. The normalized spacial score (nSPS) is 16.6. The zero-order valence-corrected chi connectivity index (χ0v) is 23.1. The summed E-state index contributed by atoms with van der Waals surface area (Å²) in [5.41, 5.74) is 6.55. The summed E-state index contributed by atoms with van der Waals surface area (Å²) < 4.78 is 40.1. The molecule has 0 amide bonds. The summed E-state index contributed by atoms with van der Waals surface area (Å²) >= 11 is 0. The van der Waals surface area contributed by atoms with Crippen molar-refractivity contribution in [1.29, 1.82) is 0 Å². The molecule has 0 saturated carbocycles. The van der Waals surface area contributed by atoms with Crippen molar-refractivity contribution in [2.45, 2.75) is 18.2 Å². The van der Waals surface area contributed by atoms with Crippen molar-refractivity contribution in [1.82, 2.24) is 8.96 Å². The topological polar surface area (TPSA) is 80.8 Å². The molecule has 1 fully saturated rings. The van der Waals surface area contributed by atoms with Gasteiger partial charge in [-0.15, -0.1) is 0 Å². The van der Waals surface area contributed by atoms with Gasteiger partial charge in [-0.05, 0) is 55.3 Å². The molecule has 0 radical (unpaired) electrons. The second-order valence-electron chi connectivity index (χ2n) is 10.3. The average Bonchev–Trinajstić information content (AvgIpc) is 3.60. The fourth-order valence-electron chi connectivity index (χ4n) is 5.57. The van der Waals surface area contributed by atoms with Crippen LogP contribution in [0.2, 0.25) is 0 Å². The fourth-order valence-corrected chi connectivity index (χ4v) is 6.94. The molecule has 3 aromatic carbocycles. The predicted molar refractivity (Wildman–Crippen MR) is 158 cm³/mol. The van der Waals surface area contributed by atoms with E-state index in [0.29, 0.717) is 24.7 Å². The quantitative estimate of drug-likeness (QED) is 0.285. The molecule has 2 aliphatic heterocycles. The van der Waals surface area contributed by atoms with E-state index in [1.807, 2.05) is 49.4 Å². The minimum atomic E-state index is -3.73. The van der Waals surface area contributed by atoms with E-state index in [0.717, 1.165) is 71.5 Å². The summed E-state index contributed by atoms with van der Waals surface area (Å²) in [5, 5.41) is 0.942. The van der Waals surface area contributed by atoms with Crippen LogP contribution in [0, 0.1) is 6.92 Å². The summed E-state index contributed by atoms with van der Waals surface area (Å²) in [6.07, 6.45) is 4.80. The first-order valence-electron chi connectivity index (χ1n) is 13.6. The molecular weight excluding hydrogens is 524 g/mol. The molecule has 5 aromatic rings. The van der Waals surface area contributed by atoms with Crippen molar-refractivity contribution in [2.75, 3.05) is 49.2 Å². The number of nitrogens with zero attached hydrogens (tertiary/aromatic N) is 4. The van der Waals surface area contributed by atoms with E-state index in [4.69, 9.17) is 14.1 Å². The van der Waals surface area contributed by atoms with Gasteiger partial charge in [-0.3, -0.25) is 0 Å². The molecule has 0 atom stereocenters. The molecule has 0 bridgehead atoms. The van der Waals surface area contributed by atoms with Crippen LogP contribution in [-0.4, -0.2) is 56.8 Å². The van der Waals surface area contributed by atoms with Gasteiger partial charge in [0.2, 0.25) is 0 Å². The summed E-state index contributed by atoms with van der Waals surface area (Å²) in [7, 11) is -3.73. The smallest absolute Gasteiger partial charge is 0.298 e. The molecule has 0 spiro atoms. The van der Waals surface area contributed by atoms with Crippen LogP contribution in [0.15, 0.2) is 88.3 Å². The molecule has 0 aliphatic carbocycles. The number of ether oxygens (including phenoxy) is 1. The van der Waals surface area contributed by atoms with Crippen LogP contribution in [0.3, 0.4) is 0 Å². The number of oxazole rings is 1. The molecule has 9 heteroatoms. The van der Waals surface area contributed by atoms with Crippen LogP contribution in [0.25, 0.3) is 27.6 Å². The molecule has 40 heavy (non-hydrogen) atoms. The summed E-state index contributed by atoms with van der Waals surface area (Å²) in [6.45, 7) is 6.41. The van der Waals surface area contributed by atoms with Crippen molar-refractivity contribution in [3.63, 3.8) is 0 Å². The molecule has 7 rings (SSSR count). The molecule has 1 saturated heterocycles. The third kappa shape index (κ3) is 4.35. The Morgan fingerprint density at radius 3 is 2.48 bits per heavy atom. The van der Waals surface area contributed by atoms with Gasteiger partial charge in [0.1, 0.15) is 5.52 Å². The minimum Gasteiger partial charge on any atom is -0.423 e. The van der Waals surface area contributed by atoms with Gasteiger partial charge < -0.3 is 19.0 Å². The van der Waals surface area contributed by atoms with Gasteiger partial charge in [-0.1, -0.05) is 42.0 Å². The minimum absolute atomic E-state index is 0.286. The fraction of sp³-hybridized carbons (Fsp3) is 0.258. The SMILES string of the molecule is Cc1ccc(S(=O)(=O)n2cc(C3=CCN(c4ccc5oc(N6CCOCC6)nc5c4)CC3)c3ccccc32)cc1. The van der Waals surface area contributed by atoms with Crippen LogP contribution in [-0.2, 0) is 14.8 Å². The molecule has 0 N–H and O–H groups in total. The zero-order chi connectivity index (χ0) is 27.3. The van der Waals surface area contributed by atoms with Gasteiger partial charge in [0.25, 0.3) is 16.0 Å². The number of hydrogen-bond acceptors (Lipinski definition) is 7. The van der Waals surface area contributed by atoms with Crippen molar-refractivity contribution in [3.8, 4) is 0 Å². The predicted octanol–water partition coefficient (Wildman–Crippen LogP) is 5.46. The molecule has 2 aliphatic rings. The Morgan fingerprint density at radius 2 is 1.70 bits per heavy atom. The third-order valence-electron chi connectivity index (χ3n) is 7.82. The number of benzene rings is 3. The standard InChI is InChI=1S/C31H30N4O4S/c1-22-6-9-25(10-7-22)40(36,37)35-21-27(26-4-2-3-5-29(26)35)23-12-14-33(15-13-23)24-8-11-30-28(20-24)32-31(39-30)34-16-18-38-19-17-34/h2-12,20-21H,13-19H2,1H3. The van der Waals surface area contributed by atoms with Crippen LogP contribution >= 0.6 is 0 Å². The Kier molecular flexibility index (Phi) is 6.13. The average molecular weight is 555 g/mol. The lowest BCUT2D eigenvalue weighted by molar-refractivity contribution is 0.120. The maximum atomic E-state index is 13.6. The summed E-state index contributed by atoms with van der Waals surface area (Å²) in [6, 6.07) is 21.5. The van der Waals surface area contributed by atoms with E-state index in [9.17, 15) is 8.42 Å². The maximum absolute atomic E-state index is 13.6. The van der Waals surface area contributed by atoms with Gasteiger partial charge in [0.05, 0.1) is 23.6 Å². The lowest BCUT2D eigenvalue weighted by atomic mass is 9.98. The van der Waals surface area contributed by atoms with Gasteiger partial charge in [-0.25, -0.2) is 12.4 Å². The number of anilines is 2. The molecule has 2 aromatic heterocycles. The first-order valence-corrected chi connectivity index (χ1v) is 15.0. The molecule has 0 unspecified atom stereocenters. The van der Waals surface area contributed by atoms with Crippen molar-refractivity contribution in [3.05, 3.63) is 90.1 Å². The Bertz CT molecular complexity index is 1850. The van der Waals surface area contributed by atoms with Gasteiger partial charge >= 0.3 is 0 Å². The Hall–Kier alpha value is -4.08. The number of aryl methyl sites for hydroxylation is 1. The van der Waals surface area contributed by atoms with E-state index in [1.54, 1.807) is 18.3 Å². The number of rotatable bonds is 5. The Morgan fingerprint density at radius 1 is 0.900 bits per heavy atom. The molecular formula is C31H30N4O4S. The number of para-hydroxylation sites is 1. The highest BCUT2D eigenvalue weighted by atomic mass is 32.2. The summed E-state index contributed by atoms with van der Waals surface area (Å²) in [4.78, 5) is 9.47. The second kappa shape index (κ2) is 9.83. The highest BCUT2D eigenvalue weighted by Crippen LogP contribution is 2.35. The largest absolute Gasteiger partial charge is 0.423 e. The highest BCUT2D eigenvalue weighted by Gasteiger charge is 2.24. The lowest BCUT2D eigenvalue weighted by Crippen LogP contribution is -2.36. The van der Waals surface area contributed by atoms with Gasteiger partial charge in [0, 0.05) is 49.0 Å². The van der Waals surface area contributed by atoms with Crippen molar-refractivity contribution >= 4 is 49.3 Å². The Balaban J connectivity index is 1.17. The van der Waals surface area contributed by atoms with E-state index >= 15 is 0 Å². The van der Waals surface area contributed by atoms with Crippen LogP contribution < -0.4 is 9.80 Å². The number of aromatic nitrogens is 2. The van der Waals surface area contributed by atoms with Crippen LogP contribution in [0.1, 0.15) is 17.5 Å². The van der Waals surface area contributed by atoms with E-state index in [2.05, 4.69) is 28.0 Å². The zero-order valence-electron chi connectivity index (χ0n) is 22.3. The first-order chi connectivity index (χ1) is 19.5. The maximum Gasteiger partial charge on any atom is 0.298 e. The van der Waals surface area contributed by atoms with Crippen molar-refractivity contribution < 1.29 is 17.6 Å². The summed E-state index contributed by atoms with van der Waals surface area (Å²) in [5.74, 6) is 0. The molecule has 8 nitrogen and oxygen atoms in total. The van der Waals surface area contributed by atoms with Crippen LogP contribution in [0.5, 0.6) is 0 Å². The number of fused-ring (bicyclic) bond motifs is 2. The van der Waals surface area contributed by atoms with Gasteiger partial charge in [0.15, 0.2) is 5.58 Å². The van der Waals surface area contributed by atoms with Gasteiger partial charge in [-0.2, -0.15) is 4.98 Å². The first kappa shape index (κ1) is 24.9. The van der Waals surface area contributed by atoms with Crippen LogP contribution in [0.4, 0.5) is 11.7 Å². The lowest BCUT2D eigenvalue weighted by Gasteiger charge is -2.28.